The second-order valence-electron chi connectivity index (χ2n) is 3.79. The molecule has 0 heterocycles. The van der Waals surface area contributed by atoms with Gasteiger partial charge in [-0.3, -0.25) is 0 Å². The molecular weight excluding hydrogens is 179 g/mol. The highest BCUT2D eigenvalue weighted by Gasteiger charge is 2.06. The minimum absolute atomic E-state index is 0.326. The first kappa shape index (κ1) is 10.7. The fraction of sp³-hybridized carbons (Fsp3) is 0.333. The predicted molar refractivity (Wildman–Crippen MR) is 54.3 cm³/mol. The summed E-state index contributed by atoms with van der Waals surface area (Å²) in [5.41, 5.74) is 0.189. The SMILES string of the molecule is Cc1ccc(F)c(C#CC(C)(C)O)c1. The predicted octanol–water partition coefficient (Wildman–Crippen LogP) is 2.26. The zero-order valence-corrected chi connectivity index (χ0v) is 8.56. The first-order valence-electron chi connectivity index (χ1n) is 4.40. The molecule has 0 radical (unpaired) electrons. The normalized spacial score (nSPS) is 10.6. The molecule has 0 aromatic heterocycles. The zero-order valence-electron chi connectivity index (χ0n) is 8.56. The van der Waals surface area contributed by atoms with Crippen molar-refractivity contribution in [1.29, 1.82) is 0 Å². The van der Waals surface area contributed by atoms with Gasteiger partial charge in [0.05, 0.1) is 5.56 Å². The van der Waals surface area contributed by atoms with Gasteiger partial charge in [0.15, 0.2) is 0 Å². The van der Waals surface area contributed by atoms with E-state index in [1.807, 2.05) is 6.92 Å². The smallest absolute Gasteiger partial charge is 0.138 e. The molecule has 2 heteroatoms. The highest BCUT2D eigenvalue weighted by Crippen LogP contribution is 2.09. The molecule has 1 rings (SSSR count). The van der Waals surface area contributed by atoms with E-state index < -0.39 is 5.60 Å². The van der Waals surface area contributed by atoms with Crippen molar-refractivity contribution in [2.45, 2.75) is 26.4 Å². The Labute approximate surface area is 83.6 Å². The van der Waals surface area contributed by atoms with E-state index in [2.05, 4.69) is 11.8 Å². The number of aryl methyl sites for hydroxylation is 1. The van der Waals surface area contributed by atoms with Crippen LogP contribution >= 0.6 is 0 Å². The van der Waals surface area contributed by atoms with Crippen molar-refractivity contribution in [2.75, 3.05) is 0 Å². The average molecular weight is 192 g/mol. The first-order chi connectivity index (χ1) is 6.38. The number of hydrogen-bond donors (Lipinski definition) is 1. The van der Waals surface area contributed by atoms with Crippen molar-refractivity contribution in [2.24, 2.45) is 0 Å². The van der Waals surface area contributed by atoms with Gasteiger partial charge in [-0.15, -0.1) is 0 Å². The van der Waals surface area contributed by atoms with Crippen LogP contribution in [0.5, 0.6) is 0 Å². The topological polar surface area (TPSA) is 20.2 Å². The third kappa shape index (κ3) is 3.20. The Morgan fingerprint density at radius 3 is 2.57 bits per heavy atom. The quantitative estimate of drug-likeness (QED) is 0.625. The van der Waals surface area contributed by atoms with Crippen LogP contribution in [-0.2, 0) is 0 Å². The number of hydrogen-bond acceptors (Lipinski definition) is 1. The van der Waals surface area contributed by atoms with Crippen LogP contribution in [0.4, 0.5) is 4.39 Å². The maximum Gasteiger partial charge on any atom is 0.138 e. The Morgan fingerprint density at radius 2 is 2.00 bits per heavy atom. The van der Waals surface area contributed by atoms with Gasteiger partial charge in [-0.1, -0.05) is 17.9 Å². The lowest BCUT2D eigenvalue weighted by atomic mass is 10.1. The van der Waals surface area contributed by atoms with Crippen LogP contribution in [0.1, 0.15) is 25.0 Å². The summed E-state index contributed by atoms with van der Waals surface area (Å²) in [6.07, 6.45) is 0. The molecule has 1 aromatic carbocycles. The van der Waals surface area contributed by atoms with Gasteiger partial charge in [-0.2, -0.15) is 0 Å². The van der Waals surface area contributed by atoms with Crippen molar-refractivity contribution >= 4 is 0 Å². The van der Waals surface area contributed by atoms with Crippen LogP contribution in [0.15, 0.2) is 18.2 Å². The van der Waals surface area contributed by atoms with Crippen LogP contribution in [0.25, 0.3) is 0 Å². The van der Waals surface area contributed by atoms with Crippen LogP contribution in [0, 0.1) is 24.6 Å². The van der Waals surface area contributed by atoms with E-state index >= 15 is 0 Å². The van der Waals surface area contributed by atoms with Crippen LogP contribution < -0.4 is 0 Å². The summed E-state index contributed by atoms with van der Waals surface area (Å²) < 4.78 is 13.2. The summed E-state index contributed by atoms with van der Waals surface area (Å²) in [4.78, 5) is 0. The summed E-state index contributed by atoms with van der Waals surface area (Å²) >= 11 is 0. The van der Waals surface area contributed by atoms with Gasteiger partial charge in [0.25, 0.3) is 0 Å². The minimum Gasteiger partial charge on any atom is -0.378 e. The van der Waals surface area contributed by atoms with E-state index in [0.717, 1.165) is 5.56 Å². The molecular formula is C12H13FO. The highest BCUT2D eigenvalue weighted by molar-refractivity contribution is 5.39. The molecule has 0 saturated heterocycles. The maximum atomic E-state index is 13.2. The maximum absolute atomic E-state index is 13.2. The molecule has 0 bridgehead atoms. The van der Waals surface area contributed by atoms with E-state index in [0.29, 0.717) is 5.56 Å². The Balaban J connectivity index is 3.06. The van der Waals surface area contributed by atoms with Gasteiger partial charge in [-0.25, -0.2) is 4.39 Å². The average Bonchev–Trinajstić information content (AvgIpc) is 2.05. The second-order valence-corrected chi connectivity index (χ2v) is 3.79. The molecule has 14 heavy (non-hydrogen) atoms. The summed E-state index contributed by atoms with van der Waals surface area (Å²) in [6, 6.07) is 4.72. The van der Waals surface area contributed by atoms with Crippen LogP contribution in [-0.4, -0.2) is 10.7 Å². The van der Waals surface area contributed by atoms with Crippen LogP contribution in [0.3, 0.4) is 0 Å². The third-order valence-corrected chi connectivity index (χ3v) is 1.62. The van der Waals surface area contributed by atoms with Crippen molar-refractivity contribution < 1.29 is 9.50 Å². The number of aliphatic hydroxyl groups is 1. The van der Waals surface area contributed by atoms with Crippen molar-refractivity contribution in [3.05, 3.63) is 35.1 Å². The highest BCUT2D eigenvalue weighted by atomic mass is 19.1. The molecule has 1 aromatic rings. The molecule has 74 valence electrons. The van der Waals surface area contributed by atoms with Gasteiger partial charge in [-0.05, 0) is 38.5 Å². The Hall–Kier alpha value is -1.33. The number of rotatable bonds is 0. The second kappa shape index (κ2) is 3.81. The number of benzene rings is 1. The van der Waals surface area contributed by atoms with Gasteiger partial charge >= 0.3 is 0 Å². The lowest BCUT2D eigenvalue weighted by Crippen LogP contribution is -2.14. The van der Waals surface area contributed by atoms with E-state index in [9.17, 15) is 9.50 Å². The van der Waals surface area contributed by atoms with E-state index in [4.69, 9.17) is 0 Å². The molecule has 0 spiro atoms. The van der Waals surface area contributed by atoms with Gasteiger partial charge < -0.3 is 5.11 Å². The first-order valence-corrected chi connectivity index (χ1v) is 4.40. The van der Waals surface area contributed by atoms with Gasteiger partial charge in [0.1, 0.15) is 11.4 Å². The Morgan fingerprint density at radius 1 is 1.36 bits per heavy atom. The van der Waals surface area contributed by atoms with Gasteiger partial charge in [0.2, 0.25) is 0 Å². The molecule has 0 saturated carbocycles. The Bertz CT molecular complexity index is 391. The van der Waals surface area contributed by atoms with Crippen molar-refractivity contribution in [1.82, 2.24) is 0 Å². The molecule has 0 unspecified atom stereocenters. The minimum atomic E-state index is -1.09. The summed E-state index contributed by atoms with van der Waals surface area (Å²) in [6.45, 7) is 5.00. The van der Waals surface area contributed by atoms with E-state index in [1.165, 1.54) is 6.07 Å². The lowest BCUT2D eigenvalue weighted by Gasteiger charge is -2.06. The third-order valence-electron chi connectivity index (χ3n) is 1.62. The fourth-order valence-corrected chi connectivity index (χ4v) is 0.955. The summed E-state index contributed by atoms with van der Waals surface area (Å²) in [5, 5.41) is 9.34. The zero-order chi connectivity index (χ0) is 10.8. The van der Waals surface area contributed by atoms with E-state index in [-0.39, 0.29) is 5.82 Å². The molecule has 0 fully saturated rings. The molecule has 1 nitrogen and oxygen atoms in total. The van der Waals surface area contributed by atoms with Crippen molar-refractivity contribution in [3.8, 4) is 11.8 Å². The van der Waals surface area contributed by atoms with Crippen LogP contribution in [0.2, 0.25) is 0 Å². The summed E-state index contributed by atoms with van der Waals surface area (Å²) in [7, 11) is 0. The van der Waals surface area contributed by atoms with Crippen molar-refractivity contribution in [3.63, 3.8) is 0 Å². The van der Waals surface area contributed by atoms with E-state index in [1.54, 1.807) is 26.0 Å². The fourth-order valence-electron chi connectivity index (χ4n) is 0.955. The molecule has 1 N–H and O–H groups in total. The lowest BCUT2D eigenvalue weighted by molar-refractivity contribution is 0.143. The largest absolute Gasteiger partial charge is 0.378 e. The van der Waals surface area contributed by atoms with Gasteiger partial charge in [0, 0.05) is 0 Å². The molecule has 0 aliphatic rings. The number of halogens is 1. The molecule has 0 aliphatic carbocycles. The standard InChI is InChI=1S/C12H13FO/c1-9-4-5-11(13)10(8-9)6-7-12(2,3)14/h4-5,8,14H,1-3H3. The molecule has 0 amide bonds. The molecule has 0 atom stereocenters. The summed E-state index contributed by atoms with van der Waals surface area (Å²) in [5.74, 6) is 4.84. The molecule has 0 aliphatic heterocycles. The Kier molecular flexibility index (Phi) is 2.93. The monoisotopic (exact) mass is 192 g/mol.